The Morgan fingerprint density at radius 2 is 1.39 bits per heavy atom. The lowest BCUT2D eigenvalue weighted by molar-refractivity contribution is -0.137. The number of ether oxygens (including phenoxy) is 2. The summed E-state index contributed by atoms with van der Waals surface area (Å²) >= 11 is 0. The lowest BCUT2D eigenvalue weighted by Crippen LogP contribution is -2.27. The zero-order chi connectivity index (χ0) is 28.9. The van der Waals surface area contributed by atoms with Gasteiger partial charge in [0.25, 0.3) is 0 Å². The number of rotatable bonds is 15. The monoisotopic (exact) mass is 551 g/mol. The normalized spacial score (nSPS) is 10.9. The predicted molar refractivity (Wildman–Crippen MR) is 161 cm³/mol. The first kappa shape index (κ1) is 29.6. The van der Waals surface area contributed by atoms with Crippen LogP contribution in [0.25, 0.3) is 11.1 Å². The third kappa shape index (κ3) is 9.33. The Morgan fingerprint density at radius 1 is 0.732 bits per heavy atom. The first-order valence-corrected chi connectivity index (χ1v) is 14.0. The zero-order valence-electron chi connectivity index (χ0n) is 23.5. The van der Waals surface area contributed by atoms with E-state index in [1.807, 2.05) is 48.5 Å². The van der Waals surface area contributed by atoms with Gasteiger partial charge in [-0.2, -0.15) is 0 Å². The van der Waals surface area contributed by atoms with Crippen LogP contribution in [0, 0.1) is 0 Å². The predicted octanol–water partition coefficient (Wildman–Crippen LogP) is 7.02. The number of hydrogen-bond acceptors (Lipinski definition) is 5. The molecule has 0 spiro atoms. The van der Waals surface area contributed by atoms with Crippen molar-refractivity contribution < 1.29 is 24.2 Å². The number of carbonyl (C=O) groups excluding carboxylic acids is 1. The third-order valence-electron chi connectivity index (χ3n) is 7.02. The summed E-state index contributed by atoms with van der Waals surface area (Å²) in [5.41, 5.74) is 6.21. The van der Waals surface area contributed by atoms with Crippen LogP contribution >= 0.6 is 0 Å². The number of carboxylic acids is 1. The standard InChI is InChI=1S/C35H37NO5/c1-40-35(39)32-20-14-27(15-21-32)25-36(23-8-7-13-34(37)38)24-22-31-11-5-6-12-33(31)41-26-28-16-18-30(19-17-28)29-9-3-2-4-10-29/h2-6,9-12,14-21H,7-8,13,22-26H2,1H3,(H,37,38). The Balaban J connectivity index is 1.37. The number of nitrogens with zero attached hydrogens (tertiary/aromatic N) is 1. The van der Waals surface area contributed by atoms with Gasteiger partial charge in [0.2, 0.25) is 0 Å². The Labute approximate surface area is 242 Å². The molecule has 0 aliphatic carbocycles. The SMILES string of the molecule is COC(=O)c1ccc(CN(CCCCC(=O)O)CCc2ccccc2OCc2ccc(-c3ccccc3)cc2)cc1. The quantitative estimate of drug-likeness (QED) is 0.126. The van der Waals surface area contributed by atoms with E-state index in [9.17, 15) is 9.59 Å². The summed E-state index contributed by atoms with van der Waals surface area (Å²) < 4.78 is 11.1. The van der Waals surface area contributed by atoms with Crippen molar-refractivity contribution in [1.29, 1.82) is 0 Å². The van der Waals surface area contributed by atoms with Crippen LogP contribution in [0.1, 0.15) is 46.3 Å². The lowest BCUT2D eigenvalue weighted by Gasteiger charge is -2.23. The van der Waals surface area contributed by atoms with E-state index in [-0.39, 0.29) is 12.4 Å². The molecule has 4 aromatic rings. The average molecular weight is 552 g/mol. The third-order valence-corrected chi connectivity index (χ3v) is 7.02. The number of benzene rings is 4. The summed E-state index contributed by atoms with van der Waals surface area (Å²) in [6.07, 6.45) is 2.40. The van der Waals surface area contributed by atoms with E-state index in [0.29, 0.717) is 25.1 Å². The number of para-hydroxylation sites is 1. The molecule has 0 amide bonds. The molecule has 6 heteroatoms. The van der Waals surface area contributed by atoms with Crippen LogP contribution in [0.3, 0.4) is 0 Å². The minimum absolute atomic E-state index is 0.171. The Bertz CT molecular complexity index is 1380. The van der Waals surface area contributed by atoms with Crippen LogP contribution in [0.2, 0.25) is 0 Å². The van der Waals surface area contributed by atoms with Crippen molar-refractivity contribution in [1.82, 2.24) is 4.90 Å². The van der Waals surface area contributed by atoms with Crippen LogP contribution in [-0.2, 0) is 29.1 Å². The van der Waals surface area contributed by atoms with Gasteiger partial charge < -0.3 is 14.6 Å². The van der Waals surface area contributed by atoms with E-state index in [1.54, 1.807) is 12.1 Å². The molecule has 0 heterocycles. The molecule has 0 aliphatic heterocycles. The number of hydrogen-bond donors (Lipinski definition) is 1. The Hall–Kier alpha value is -4.42. The van der Waals surface area contributed by atoms with E-state index < -0.39 is 5.97 Å². The molecule has 6 nitrogen and oxygen atoms in total. The molecule has 0 saturated heterocycles. The van der Waals surface area contributed by atoms with Gasteiger partial charge in [-0.1, -0.05) is 84.9 Å². The Morgan fingerprint density at radius 3 is 2.10 bits per heavy atom. The lowest BCUT2D eigenvalue weighted by atomic mass is 10.0. The van der Waals surface area contributed by atoms with Gasteiger partial charge in [0.15, 0.2) is 0 Å². The topological polar surface area (TPSA) is 76.1 Å². The van der Waals surface area contributed by atoms with Crippen LogP contribution in [0.15, 0.2) is 103 Å². The van der Waals surface area contributed by atoms with Crippen molar-refractivity contribution in [3.05, 3.63) is 125 Å². The second-order valence-electron chi connectivity index (χ2n) is 10.0. The number of carboxylic acid groups (broad SMARTS) is 1. The number of carbonyl (C=O) groups is 2. The largest absolute Gasteiger partial charge is 0.489 e. The van der Waals surface area contributed by atoms with Gasteiger partial charge in [-0.15, -0.1) is 0 Å². The zero-order valence-corrected chi connectivity index (χ0v) is 23.5. The van der Waals surface area contributed by atoms with Gasteiger partial charge in [-0.05, 0) is 71.8 Å². The highest BCUT2D eigenvalue weighted by Crippen LogP contribution is 2.23. The van der Waals surface area contributed by atoms with Crippen LogP contribution in [0.5, 0.6) is 5.75 Å². The van der Waals surface area contributed by atoms with Crippen LogP contribution < -0.4 is 4.74 Å². The minimum Gasteiger partial charge on any atom is -0.489 e. The van der Waals surface area contributed by atoms with Crippen molar-refractivity contribution >= 4 is 11.9 Å². The number of methoxy groups -OCH3 is 1. The molecule has 0 fully saturated rings. The number of esters is 1. The number of unbranched alkanes of at least 4 members (excludes halogenated alkanes) is 1. The van der Waals surface area contributed by atoms with Crippen molar-refractivity contribution in [3.8, 4) is 16.9 Å². The highest BCUT2D eigenvalue weighted by molar-refractivity contribution is 5.89. The maximum Gasteiger partial charge on any atom is 0.337 e. The smallest absolute Gasteiger partial charge is 0.337 e. The van der Waals surface area contributed by atoms with E-state index in [1.165, 1.54) is 18.2 Å². The minimum atomic E-state index is -0.768. The molecule has 4 aromatic carbocycles. The highest BCUT2D eigenvalue weighted by atomic mass is 16.5. The average Bonchev–Trinajstić information content (AvgIpc) is 3.01. The van der Waals surface area contributed by atoms with E-state index in [0.717, 1.165) is 48.4 Å². The fraction of sp³-hybridized carbons (Fsp3) is 0.257. The van der Waals surface area contributed by atoms with E-state index in [2.05, 4.69) is 47.4 Å². The summed E-state index contributed by atoms with van der Waals surface area (Å²) in [5.74, 6) is -0.255. The molecule has 0 radical (unpaired) electrons. The fourth-order valence-corrected chi connectivity index (χ4v) is 4.72. The summed E-state index contributed by atoms with van der Waals surface area (Å²) in [7, 11) is 1.37. The van der Waals surface area contributed by atoms with E-state index in [4.69, 9.17) is 14.6 Å². The summed E-state index contributed by atoms with van der Waals surface area (Å²) in [5, 5.41) is 9.02. The second kappa shape index (κ2) is 15.4. The second-order valence-corrected chi connectivity index (χ2v) is 10.0. The fourth-order valence-electron chi connectivity index (χ4n) is 4.72. The maximum atomic E-state index is 11.8. The molecule has 0 saturated carbocycles. The molecular weight excluding hydrogens is 514 g/mol. The van der Waals surface area contributed by atoms with Crippen molar-refractivity contribution in [2.45, 2.75) is 38.8 Å². The Kier molecular flexibility index (Phi) is 11.1. The van der Waals surface area contributed by atoms with Gasteiger partial charge in [0, 0.05) is 19.5 Å². The van der Waals surface area contributed by atoms with Crippen LogP contribution in [-0.4, -0.2) is 42.1 Å². The molecule has 0 bridgehead atoms. The molecule has 0 unspecified atom stereocenters. The molecular formula is C35H37NO5. The van der Waals surface area contributed by atoms with Crippen molar-refractivity contribution in [2.24, 2.45) is 0 Å². The summed E-state index contributed by atoms with van der Waals surface area (Å²) in [4.78, 5) is 25.1. The molecule has 41 heavy (non-hydrogen) atoms. The van der Waals surface area contributed by atoms with Crippen molar-refractivity contribution in [2.75, 3.05) is 20.2 Å². The van der Waals surface area contributed by atoms with Gasteiger partial charge in [-0.3, -0.25) is 9.69 Å². The first-order valence-electron chi connectivity index (χ1n) is 14.0. The van der Waals surface area contributed by atoms with Gasteiger partial charge >= 0.3 is 11.9 Å². The highest BCUT2D eigenvalue weighted by Gasteiger charge is 2.12. The molecule has 1 N–H and O–H groups in total. The molecule has 0 atom stereocenters. The first-order chi connectivity index (χ1) is 20.0. The molecule has 0 aliphatic rings. The van der Waals surface area contributed by atoms with E-state index >= 15 is 0 Å². The van der Waals surface area contributed by atoms with Gasteiger partial charge in [-0.25, -0.2) is 4.79 Å². The number of aliphatic carboxylic acids is 1. The summed E-state index contributed by atoms with van der Waals surface area (Å²) in [6, 6.07) is 34.3. The summed E-state index contributed by atoms with van der Waals surface area (Å²) in [6.45, 7) is 2.75. The van der Waals surface area contributed by atoms with Gasteiger partial charge in [0.1, 0.15) is 12.4 Å². The van der Waals surface area contributed by atoms with Crippen LogP contribution in [0.4, 0.5) is 0 Å². The maximum absolute atomic E-state index is 11.8. The molecule has 0 aromatic heterocycles. The van der Waals surface area contributed by atoms with Gasteiger partial charge in [0.05, 0.1) is 12.7 Å². The molecule has 4 rings (SSSR count). The van der Waals surface area contributed by atoms with Crippen molar-refractivity contribution in [3.63, 3.8) is 0 Å². The molecule has 212 valence electrons.